The Morgan fingerprint density at radius 3 is 2.78 bits per heavy atom. The summed E-state index contributed by atoms with van der Waals surface area (Å²) in [5, 5.41) is 3.55. The third-order valence-electron chi connectivity index (χ3n) is 3.82. The van der Waals surface area contributed by atoms with Gasteiger partial charge in [-0.2, -0.15) is 0 Å². The Kier molecular flexibility index (Phi) is 4.76. The van der Waals surface area contributed by atoms with Crippen LogP contribution >= 0.6 is 15.9 Å². The molecule has 100 valence electrons. The summed E-state index contributed by atoms with van der Waals surface area (Å²) in [5.41, 5.74) is 1.54. The summed E-state index contributed by atoms with van der Waals surface area (Å²) in [6, 6.07) is 6.06. The SMILES string of the molecule is CN1CCC(C)(CNCc2cccc(Br)n2)CC1. The smallest absolute Gasteiger partial charge is 0.106 e. The van der Waals surface area contributed by atoms with E-state index in [2.05, 4.69) is 51.2 Å². The topological polar surface area (TPSA) is 28.2 Å². The van der Waals surface area contributed by atoms with Crippen molar-refractivity contribution >= 4 is 15.9 Å². The molecule has 1 aliphatic heterocycles. The second-order valence-electron chi connectivity index (χ2n) is 5.67. The zero-order valence-corrected chi connectivity index (χ0v) is 12.8. The first-order valence-electron chi connectivity index (χ1n) is 6.58. The largest absolute Gasteiger partial charge is 0.311 e. The van der Waals surface area contributed by atoms with Crippen LogP contribution in [0.1, 0.15) is 25.5 Å². The Morgan fingerprint density at radius 1 is 1.39 bits per heavy atom. The fourth-order valence-corrected chi connectivity index (χ4v) is 2.76. The molecule has 1 aromatic rings. The van der Waals surface area contributed by atoms with Gasteiger partial charge in [-0.3, -0.25) is 0 Å². The van der Waals surface area contributed by atoms with Gasteiger partial charge >= 0.3 is 0 Å². The number of hydrogen-bond acceptors (Lipinski definition) is 3. The average Bonchev–Trinajstić information content (AvgIpc) is 2.34. The maximum atomic E-state index is 4.44. The molecule has 1 saturated heterocycles. The van der Waals surface area contributed by atoms with E-state index in [-0.39, 0.29) is 0 Å². The first-order valence-corrected chi connectivity index (χ1v) is 7.37. The Morgan fingerprint density at radius 2 is 2.11 bits per heavy atom. The lowest BCUT2D eigenvalue weighted by Crippen LogP contribution is -2.41. The molecule has 0 bridgehead atoms. The van der Waals surface area contributed by atoms with Gasteiger partial charge in [-0.25, -0.2) is 4.98 Å². The van der Waals surface area contributed by atoms with Crippen LogP contribution in [0, 0.1) is 5.41 Å². The van der Waals surface area contributed by atoms with Crippen LogP contribution in [0.3, 0.4) is 0 Å². The number of nitrogens with one attached hydrogen (secondary N) is 1. The molecule has 0 aliphatic carbocycles. The van der Waals surface area contributed by atoms with Crippen LogP contribution in [0.2, 0.25) is 0 Å². The number of likely N-dealkylation sites (tertiary alicyclic amines) is 1. The van der Waals surface area contributed by atoms with Crippen LogP contribution in [-0.4, -0.2) is 36.6 Å². The van der Waals surface area contributed by atoms with Gasteiger partial charge < -0.3 is 10.2 Å². The molecule has 1 aromatic heterocycles. The van der Waals surface area contributed by atoms with E-state index in [1.807, 2.05) is 12.1 Å². The number of hydrogen-bond donors (Lipinski definition) is 1. The normalized spacial score (nSPS) is 19.9. The van der Waals surface area contributed by atoms with Crippen molar-refractivity contribution in [2.45, 2.75) is 26.3 Å². The Bertz CT molecular complexity index is 386. The van der Waals surface area contributed by atoms with E-state index in [0.29, 0.717) is 5.41 Å². The van der Waals surface area contributed by atoms with E-state index >= 15 is 0 Å². The van der Waals surface area contributed by atoms with Crippen LogP contribution < -0.4 is 5.32 Å². The summed E-state index contributed by atoms with van der Waals surface area (Å²) in [7, 11) is 2.21. The predicted octanol–water partition coefficient (Wildman–Crippen LogP) is 2.67. The Labute approximate surface area is 118 Å². The van der Waals surface area contributed by atoms with Gasteiger partial charge in [0.25, 0.3) is 0 Å². The molecule has 1 N–H and O–H groups in total. The summed E-state index contributed by atoms with van der Waals surface area (Å²) in [5.74, 6) is 0. The zero-order valence-electron chi connectivity index (χ0n) is 11.2. The van der Waals surface area contributed by atoms with Crippen molar-refractivity contribution < 1.29 is 0 Å². The van der Waals surface area contributed by atoms with Gasteiger partial charge in [0.15, 0.2) is 0 Å². The van der Waals surface area contributed by atoms with Gasteiger partial charge in [-0.1, -0.05) is 13.0 Å². The van der Waals surface area contributed by atoms with E-state index in [9.17, 15) is 0 Å². The van der Waals surface area contributed by atoms with Crippen molar-refractivity contribution in [3.8, 4) is 0 Å². The van der Waals surface area contributed by atoms with Crippen molar-refractivity contribution in [1.29, 1.82) is 0 Å². The van der Waals surface area contributed by atoms with Crippen molar-refractivity contribution in [3.63, 3.8) is 0 Å². The second kappa shape index (κ2) is 6.13. The fourth-order valence-electron chi connectivity index (χ4n) is 2.38. The van der Waals surface area contributed by atoms with Crippen LogP contribution in [0.4, 0.5) is 0 Å². The van der Waals surface area contributed by atoms with Gasteiger partial charge in [-0.05, 0) is 66.5 Å². The van der Waals surface area contributed by atoms with Crippen molar-refractivity contribution in [1.82, 2.24) is 15.2 Å². The fraction of sp³-hybridized carbons (Fsp3) is 0.643. The zero-order chi connectivity index (χ0) is 13.0. The van der Waals surface area contributed by atoms with Gasteiger partial charge in [0.05, 0.1) is 5.69 Å². The van der Waals surface area contributed by atoms with E-state index in [1.165, 1.54) is 25.9 Å². The lowest BCUT2D eigenvalue weighted by Gasteiger charge is -2.38. The monoisotopic (exact) mass is 311 g/mol. The van der Waals surface area contributed by atoms with Crippen molar-refractivity contribution in [2.24, 2.45) is 5.41 Å². The molecule has 0 atom stereocenters. The van der Waals surface area contributed by atoms with Gasteiger partial charge in [0, 0.05) is 13.1 Å². The number of pyridine rings is 1. The highest BCUT2D eigenvalue weighted by Gasteiger charge is 2.28. The molecule has 0 radical (unpaired) electrons. The van der Waals surface area contributed by atoms with Gasteiger partial charge in [-0.15, -0.1) is 0 Å². The predicted molar refractivity (Wildman–Crippen MR) is 78.5 cm³/mol. The molecule has 18 heavy (non-hydrogen) atoms. The third kappa shape index (κ3) is 4.04. The summed E-state index contributed by atoms with van der Waals surface area (Å²) < 4.78 is 0.910. The van der Waals surface area contributed by atoms with Crippen LogP contribution in [0.5, 0.6) is 0 Å². The lowest BCUT2D eigenvalue weighted by atomic mass is 9.80. The summed E-state index contributed by atoms with van der Waals surface area (Å²) in [4.78, 5) is 6.85. The highest BCUT2D eigenvalue weighted by atomic mass is 79.9. The standard InChI is InChI=1S/C14H22BrN3/c1-14(6-8-18(2)9-7-14)11-16-10-12-4-3-5-13(15)17-12/h3-5,16H,6-11H2,1-2H3. The van der Waals surface area contributed by atoms with Crippen molar-refractivity contribution in [3.05, 3.63) is 28.5 Å². The van der Waals surface area contributed by atoms with Crippen molar-refractivity contribution in [2.75, 3.05) is 26.7 Å². The maximum absolute atomic E-state index is 4.44. The van der Waals surface area contributed by atoms with E-state index in [0.717, 1.165) is 23.4 Å². The molecule has 1 fully saturated rings. The molecule has 0 saturated carbocycles. The summed E-state index contributed by atoms with van der Waals surface area (Å²) in [6.45, 7) is 6.75. The molecule has 2 rings (SSSR count). The molecule has 0 aromatic carbocycles. The molecule has 4 heteroatoms. The Balaban J connectivity index is 1.78. The molecule has 0 amide bonds. The molecular weight excluding hydrogens is 290 g/mol. The lowest BCUT2D eigenvalue weighted by molar-refractivity contribution is 0.136. The number of nitrogens with zero attached hydrogens (tertiary/aromatic N) is 2. The number of rotatable bonds is 4. The molecule has 3 nitrogen and oxygen atoms in total. The number of halogens is 1. The molecule has 1 aliphatic rings. The first-order chi connectivity index (χ1) is 8.57. The summed E-state index contributed by atoms with van der Waals surface area (Å²) >= 11 is 3.40. The first kappa shape index (κ1) is 14.0. The maximum Gasteiger partial charge on any atom is 0.106 e. The highest BCUT2D eigenvalue weighted by Crippen LogP contribution is 2.29. The van der Waals surface area contributed by atoms with E-state index in [1.54, 1.807) is 0 Å². The quantitative estimate of drug-likeness (QED) is 0.867. The second-order valence-corrected chi connectivity index (χ2v) is 6.48. The van der Waals surface area contributed by atoms with Crippen LogP contribution in [0.15, 0.2) is 22.8 Å². The third-order valence-corrected chi connectivity index (χ3v) is 4.27. The minimum Gasteiger partial charge on any atom is -0.311 e. The minimum absolute atomic E-state index is 0.443. The Hall–Kier alpha value is -0.450. The van der Waals surface area contributed by atoms with E-state index in [4.69, 9.17) is 0 Å². The van der Waals surface area contributed by atoms with Gasteiger partial charge in [0.1, 0.15) is 4.60 Å². The van der Waals surface area contributed by atoms with Crippen LogP contribution in [0.25, 0.3) is 0 Å². The molecular formula is C14H22BrN3. The highest BCUT2D eigenvalue weighted by molar-refractivity contribution is 9.10. The molecule has 0 unspecified atom stereocenters. The number of aromatic nitrogens is 1. The van der Waals surface area contributed by atoms with Crippen LogP contribution in [-0.2, 0) is 6.54 Å². The van der Waals surface area contributed by atoms with Gasteiger partial charge in [0.2, 0.25) is 0 Å². The average molecular weight is 312 g/mol. The number of piperidine rings is 1. The molecule has 0 spiro atoms. The van der Waals surface area contributed by atoms with E-state index < -0.39 is 0 Å². The summed E-state index contributed by atoms with van der Waals surface area (Å²) in [6.07, 6.45) is 2.56. The molecule has 2 heterocycles. The minimum atomic E-state index is 0.443.